The number of carbonyl (C=O) groups is 1. The number of thioether (sulfide) groups is 1. The van der Waals surface area contributed by atoms with E-state index in [0.717, 1.165) is 33.3 Å². The molecule has 0 unspecified atom stereocenters. The third kappa shape index (κ3) is 4.59. The van der Waals surface area contributed by atoms with Gasteiger partial charge in [-0.15, -0.1) is 10.2 Å². The van der Waals surface area contributed by atoms with Crippen LogP contribution in [-0.4, -0.2) is 40.4 Å². The SMILES string of the molecule is Cc1cc(NS(=O)(=O)c2ccc(NC(=O)CCSc3nnc4c(n3)-c3cccc5cccc-4c35)cc2)no1. The Morgan fingerprint density at radius 3 is 2.42 bits per heavy atom. The molecule has 0 aliphatic heterocycles. The molecule has 0 bridgehead atoms. The number of anilines is 2. The molecule has 2 aromatic heterocycles. The van der Waals surface area contributed by atoms with Crippen LogP contribution in [0.3, 0.4) is 0 Å². The molecule has 1 aliphatic carbocycles. The normalized spacial score (nSPS) is 11.9. The molecule has 2 N–H and O–H groups in total. The lowest BCUT2D eigenvalue weighted by atomic mass is 10.0. The van der Waals surface area contributed by atoms with E-state index < -0.39 is 10.0 Å². The monoisotopic (exact) mass is 544 g/mol. The number of sulfonamides is 1. The molecule has 0 fully saturated rings. The average molecular weight is 545 g/mol. The van der Waals surface area contributed by atoms with Gasteiger partial charge >= 0.3 is 0 Å². The van der Waals surface area contributed by atoms with Crippen LogP contribution in [0.15, 0.2) is 81.3 Å². The smallest absolute Gasteiger partial charge is 0.263 e. The zero-order chi connectivity index (χ0) is 26.3. The van der Waals surface area contributed by atoms with E-state index in [1.54, 1.807) is 6.92 Å². The van der Waals surface area contributed by atoms with Gasteiger partial charge in [0.1, 0.15) is 17.1 Å². The van der Waals surface area contributed by atoms with Crippen molar-refractivity contribution in [3.05, 3.63) is 72.5 Å². The van der Waals surface area contributed by atoms with Crippen molar-refractivity contribution in [2.75, 3.05) is 15.8 Å². The molecule has 10 nitrogen and oxygen atoms in total. The average Bonchev–Trinajstić information content (AvgIpc) is 3.46. The predicted octanol–water partition coefficient (Wildman–Crippen LogP) is 4.89. The minimum atomic E-state index is -3.83. The molecule has 1 amide bonds. The maximum atomic E-state index is 12.5. The first kappa shape index (κ1) is 24.1. The minimum absolute atomic E-state index is 0.0332. The molecular weight excluding hydrogens is 524 g/mol. The van der Waals surface area contributed by atoms with Gasteiger partial charge in [-0.1, -0.05) is 53.3 Å². The van der Waals surface area contributed by atoms with Gasteiger partial charge in [0.25, 0.3) is 10.0 Å². The van der Waals surface area contributed by atoms with E-state index in [1.807, 2.05) is 24.3 Å². The van der Waals surface area contributed by atoms with E-state index in [9.17, 15) is 13.2 Å². The molecule has 190 valence electrons. The molecule has 0 saturated carbocycles. The van der Waals surface area contributed by atoms with Crippen molar-refractivity contribution < 1.29 is 17.7 Å². The minimum Gasteiger partial charge on any atom is -0.360 e. The standard InChI is InChI=1S/C26H20N6O4S2/c1-15-14-21(31-36-15)32-38(34,35)18-10-8-17(9-11-18)27-22(33)12-13-37-26-28-24-19-6-2-4-16-5-3-7-20(23(16)19)25(24)29-30-26/h2-11,14H,12-13H2,1H3,(H,27,33)(H,31,32). The second kappa shape index (κ2) is 9.54. The number of hydrogen-bond donors (Lipinski definition) is 2. The molecule has 3 aromatic carbocycles. The molecule has 6 rings (SSSR count). The predicted molar refractivity (Wildman–Crippen MR) is 144 cm³/mol. The van der Waals surface area contributed by atoms with Crippen LogP contribution in [0, 0.1) is 6.92 Å². The summed E-state index contributed by atoms with van der Waals surface area (Å²) in [6, 6.07) is 19.6. The Bertz CT molecular complexity index is 1800. The Labute approximate surface area is 221 Å². The van der Waals surface area contributed by atoms with E-state index in [-0.39, 0.29) is 23.0 Å². The molecular formula is C26H20N6O4S2. The third-order valence-electron chi connectivity index (χ3n) is 5.96. The number of aryl methyl sites for hydroxylation is 1. The van der Waals surface area contributed by atoms with Gasteiger partial charge in [-0.3, -0.25) is 9.52 Å². The van der Waals surface area contributed by atoms with Crippen LogP contribution in [0.2, 0.25) is 0 Å². The topological polar surface area (TPSA) is 140 Å². The van der Waals surface area contributed by atoms with E-state index in [2.05, 4.69) is 37.5 Å². The van der Waals surface area contributed by atoms with Gasteiger partial charge in [-0.25, -0.2) is 13.4 Å². The summed E-state index contributed by atoms with van der Waals surface area (Å²) in [4.78, 5) is 17.2. The zero-order valence-electron chi connectivity index (χ0n) is 20.0. The van der Waals surface area contributed by atoms with Crippen LogP contribution in [0.4, 0.5) is 11.5 Å². The van der Waals surface area contributed by atoms with Gasteiger partial charge in [0.05, 0.1) is 4.90 Å². The highest BCUT2D eigenvalue weighted by Crippen LogP contribution is 2.44. The Kier molecular flexibility index (Phi) is 6.04. The van der Waals surface area contributed by atoms with Gasteiger partial charge in [0, 0.05) is 40.4 Å². The number of aromatic nitrogens is 4. The maximum Gasteiger partial charge on any atom is 0.263 e. The highest BCUT2D eigenvalue weighted by Gasteiger charge is 2.25. The molecule has 0 spiro atoms. The van der Waals surface area contributed by atoms with Gasteiger partial charge < -0.3 is 9.84 Å². The lowest BCUT2D eigenvalue weighted by Gasteiger charge is -2.08. The summed E-state index contributed by atoms with van der Waals surface area (Å²) >= 11 is 1.36. The van der Waals surface area contributed by atoms with Crippen LogP contribution < -0.4 is 10.0 Å². The highest BCUT2D eigenvalue weighted by molar-refractivity contribution is 7.99. The number of fused-ring (bicyclic) bond motifs is 3. The molecule has 2 heterocycles. The largest absolute Gasteiger partial charge is 0.360 e. The van der Waals surface area contributed by atoms with Crippen LogP contribution in [-0.2, 0) is 14.8 Å². The second-order valence-corrected chi connectivity index (χ2v) is 11.3. The summed E-state index contributed by atoms with van der Waals surface area (Å²) < 4.78 is 32.2. The molecule has 38 heavy (non-hydrogen) atoms. The van der Waals surface area contributed by atoms with Crippen LogP contribution in [0.1, 0.15) is 12.2 Å². The first-order chi connectivity index (χ1) is 18.4. The molecule has 5 aromatic rings. The van der Waals surface area contributed by atoms with E-state index in [0.29, 0.717) is 22.4 Å². The van der Waals surface area contributed by atoms with Crippen molar-refractivity contribution in [2.24, 2.45) is 0 Å². The summed E-state index contributed by atoms with van der Waals surface area (Å²) in [6.07, 6.45) is 0.216. The summed E-state index contributed by atoms with van der Waals surface area (Å²) in [6.45, 7) is 1.66. The fourth-order valence-corrected chi connectivity index (χ4v) is 5.97. The second-order valence-electron chi connectivity index (χ2n) is 8.60. The zero-order valence-corrected chi connectivity index (χ0v) is 21.6. The molecule has 0 saturated heterocycles. The third-order valence-corrected chi connectivity index (χ3v) is 8.17. The molecule has 1 aliphatic rings. The van der Waals surface area contributed by atoms with Gasteiger partial charge in [0.15, 0.2) is 5.82 Å². The molecule has 0 radical (unpaired) electrons. The fourth-order valence-electron chi connectivity index (χ4n) is 4.26. The summed E-state index contributed by atoms with van der Waals surface area (Å²) in [5, 5.41) is 17.9. The number of benzene rings is 3. The lowest BCUT2D eigenvalue weighted by Crippen LogP contribution is -2.14. The Balaban J connectivity index is 1.05. The number of nitrogens with zero attached hydrogens (tertiary/aromatic N) is 4. The van der Waals surface area contributed by atoms with E-state index in [1.165, 1.54) is 42.1 Å². The summed E-state index contributed by atoms with van der Waals surface area (Å²) in [7, 11) is -3.83. The van der Waals surface area contributed by atoms with Crippen molar-refractivity contribution in [3.8, 4) is 22.5 Å². The van der Waals surface area contributed by atoms with Crippen LogP contribution >= 0.6 is 11.8 Å². The van der Waals surface area contributed by atoms with E-state index >= 15 is 0 Å². The van der Waals surface area contributed by atoms with Gasteiger partial charge in [-0.05, 0) is 36.6 Å². The van der Waals surface area contributed by atoms with Crippen molar-refractivity contribution >= 4 is 50.0 Å². The van der Waals surface area contributed by atoms with E-state index in [4.69, 9.17) is 9.51 Å². The maximum absolute atomic E-state index is 12.5. The number of hydrogen-bond acceptors (Lipinski definition) is 9. The summed E-state index contributed by atoms with van der Waals surface area (Å²) in [5.41, 5.74) is 4.14. The Morgan fingerprint density at radius 1 is 0.974 bits per heavy atom. The first-order valence-corrected chi connectivity index (χ1v) is 14.1. The van der Waals surface area contributed by atoms with Crippen LogP contribution in [0.5, 0.6) is 0 Å². The van der Waals surface area contributed by atoms with Gasteiger partial charge in [-0.2, -0.15) is 0 Å². The number of carbonyl (C=O) groups excluding carboxylic acids is 1. The number of amides is 1. The molecule has 12 heteroatoms. The number of rotatable bonds is 8. The fraction of sp³-hybridized carbons (Fsp3) is 0.115. The Morgan fingerprint density at radius 2 is 1.71 bits per heavy atom. The first-order valence-electron chi connectivity index (χ1n) is 11.6. The number of nitrogens with one attached hydrogen (secondary N) is 2. The highest BCUT2D eigenvalue weighted by atomic mass is 32.2. The lowest BCUT2D eigenvalue weighted by molar-refractivity contribution is -0.115. The van der Waals surface area contributed by atoms with Gasteiger partial charge in [0.2, 0.25) is 11.1 Å². The van der Waals surface area contributed by atoms with Crippen molar-refractivity contribution in [2.45, 2.75) is 23.4 Å². The quantitative estimate of drug-likeness (QED) is 0.256. The summed E-state index contributed by atoms with van der Waals surface area (Å²) in [5.74, 6) is 0.829. The molecule has 0 atom stereocenters. The van der Waals surface area contributed by atoms with Crippen molar-refractivity contribution in [1.29, 1.82) is 0 Å². The van der Waals surface area contributed by atoms with Crippen LogP contribution in [0.25, 0.3) is 33.3 Å². The Hall–Kier alpha value is -4.29. The van der Waals surface area contributed by atoms with Crippen molar-refractivity contribution in [1.82, 2.24) is 20.3 Å². The van der Waals surface area contributed by atoms with Crippen molar-refractivity contribution in [3.63, 3.8) is 0 Å².